The first-order chi connectivity index (χ1) is 13.5. The van der Waals surface area contributed by atoms with Crippen molar-refractivity contribution in [2.24, 2.45) is 0 Å². The van der Waals surface area contributed by atoms with E-state index in [0.717, 1.165) is 5.69 Å². The van der Waals surface area contributed by atoms with Crippen molar-refractivity contribution in [1.29, 1.82) is 0 Å². The molecular formula is C19H23N5O4. The van der Waals surface area contributed by atoms with Crippen LogP contribution in [-0.4, -0.2) is 64.8 Å². The molecule has 0 saturated carbocycles. The summed E-state index contributed by atoms with van der Waals surface area (Å²) in [5.41, 5.74) is 1.62. The van der Waals surface area contributed by atoms with E-state index in [2.05, 4.69) is 15.3 Å². The largest absolute Gasteiger partial charge is 0.478 e. The second-order valence-corrected chi connectivity index (χ2v) is 6.38. The van der Waals surface area contributed by atoms with Gasteiger partial charge in [0.25, 0.3) is 0 Å². The zero-order valence-corrected chi connectivity index (χ0v) is 15.9. The first-order valence-electron chi connectivity index (χ1n) is 9.09. The molecule has 2 N–H and O–H groups in total. The van der Waals surface area contributed by atoms with Crippen LogP contribution in [0, 0.1) is 6.92 Å². The molecule has 1 aromatic carbocycles. The smallest absolute Gasteiger partial charge is 0.409 e. The number of benzene rings is 1. The maximum Gasteiger partial charge on any atom is 0.409 e. The molecule has 28 heavy (non-hydrogen) atoms. The van der Waals surface area contributed by atoms with Gasteiger partial charge >= 0.3 is 12.1 Å². The second-order valence-electron chi connectivity index (χ2n) is 6.38. The number of carboxylic acid groups (broad SMARTS) is 1. The van der Waals surface area contributed by atoms with Gasteiger partial charge in [-0.2, -0.15) is 4.98 Å². The minimum Gasteiger partial charge on any atom is -0.478 e. The number of carbonyl (C=O) groups is 2. The standard InChI is InChI=1S/C19H23N5O4/c1-3-28-19(27)24-9-7-23(8-10-24)18-20-13(2)11-16(22-18)21-15-6-4-5-14(12-15)17(25)26/h4-6,11-12H,3,7-10H2,1-2H3,(H,25,26)(H,20,21,22). The Bertz CT molecular complexity index is 865. The van der Waals surface area contributed by atoms with Gasteiger partial charge in [-0.15, -0.1) is 0 Å². The number of aromatic nitrogens is 2. The topological polar surface area (TPSA) is 108 Å². The summed E-state index contributed by atoms with van der Waals surface area (Å²) in [5, 5.41) is 12.3. The van der Waals surface area contributed by atoms with E-state index in [4.69, 9.17) is 9.84 Å². The van der Waals surface area contributed by atoms with E-state index in [1.54, 1.807) is 36.1 Å². The fourth-order valence-electron chi connectivity index (χ4n) is 2.94. The van der Waals surface area contributed by atoms with E-state index in [1.165, 1.54) is 6.07 Å². The van der Waals surface area contributed by atoms with Crippen LogP contribution in [0.3, 0.4) is 0 Å². The fraction of sp³-hybridized carbons (Fsp3) is 0.368. The molecule has 0 unspecified atom stereocenters. The number of carbonyl (C=O) groups excluding carboxylic acids is 1. The van der Waals surface area contributed by atoms with Gasteiger partial charge in [0.1, 0.15) is 5.82 Å². The van der Waals surface area contributed by atoms with Gasteiger partial charge in [0, 0.05) is 43.6 Å². The van der Waals surface area contributed by atoms with Crippen LogP contribution in [0.25, 0.3) is 0 Å². The molecule has 0 spiro atoms. The van der Waals surface area contributed by atoms with Gasteiger partial charge in [-0.3, -0.25) is 0 Å². The maximum absolute atomic E-state index is 11.8. The van der Waals surface area contributed by atoms with Crippen molar-refractivity contribution < 1.29 is 19.4 Å². The molecule has 0 atom stereocenters. The van der Waals surface area contributed by atoms with E-state index >= 15 is 0 Å². The number of hydrogen-bond acceptors (Lipinski definition) is 7. The normalized spacial score (nSPS) is 13.9. The minimum atomic E-state index is -0.984. The molecule has 148 valence electrons. The summed E-state index contributed by atoms with van der Waals surface area (Å²) in [6, 6.07) is 8.34. The number of rotatable bonds is 5. The number of carboxylic acids is 1. The molecule has 2 aromatic rings. The van der Waals surface area contributed by atoms with Crippen LogP contribution in [0.5, 0.6) is 0 Å². The van der Waals surface area contributed by atoms with Crippen molar-refractivity contribution in [1.82, 2.24) is 14.9 Å². The predicted molar refractivity (Wildman–Crippen MR) is 104 cm³/mol. The molecule has 1 aliphatic heterocycles. The van der Waals surface area contributed by atoms with Gasteiger partial charge in [0.2, 0.25) is 5.95 Å². The van der Waals surface area contributed by atoms with Crippen LogP contribution < -0.4 is 10.2 Å². The van der Waals surface area contributed by atoms with Crippen molar-refractivity contribution in [3.63, 3.8) is 0 Å². The van der Waals surface area contributed by atoms with Gasteiger partial charge < -0.3 is 25.0 Å². The Balaban J connectivity index is 1.71. The average Bonchev–Trinajstić information content (AvgIpc) is 2.68. The molecule has 9 nitrogen and oxygen atoms in total. The minimum absolute atomic E-state index is 0.200. The third-order valence-electron chi connectivity index (χ3n) is 4.31. The van der Waals surface area contributed by atoms with Crippen molar-refractivity contribution in [2.75, 3.05) is 43.0 Å². The van der Waals surface area contributed by atoms with Gasteiger partial charge in [0.05, 0.1) is 12.2 Å². The Hall–Kier alpha value is -3.36. The van der Waals surface area contributed by atoms with Crippen LogP contribution >= 0.6 is 0 Å². The highest BCUT2D eigenvalue weighted by Gasteiger charge is 2.23. The summed E-state index contributed by atoms with van der Waals surface area (Å²) >= 11 is 0. The molecule has 1 aliphatic rings. The van der Waals surface area contributed by atoms with Crippen LogP contribution in [0.2, 0.25) is 0 Å². The van der Waals surface area contributed by atoms with E-state index in [1.807, 2.05) is 11.8 Å². The lowest BCUT2D eigenvalue weighted by Gasteiger charge is -2.34. The van der Waals surface area contributed by atoms with E-state index in [0.29, 0.717) is 50.2 Å². The van der Waals surface area contributed by atoms with Gasteiger partial charge in [-0.25, -0.2) is 14.6 Å². The summed E-state index contributed by atoms with van der Waals surface area (Å²) in [4.78, 5) is 35.7. The molecule has 1 fully saturated rings. The van der Waals surface area contributed by atoms with Crippen LogP contribution in [0.1, 0.15) is 23.0 Å². The number of nitrogens with one attached hydrogen (secondary N) is 1. The summed E-state index contributed by atoms with van der Waals surface area (Å²) in [6.07, 6.45) is -0.298. The zero-order chi connectivity index (χ0) is 20.1. The third-order valence-corrected chi connectivity index (χ3v) is 4.31. The molecule has 2 heterocycles. The number of hydrogen-bond donors (Lipinski definition) is 2. The zero-order valence-electron chi connectivity index (χ0n) is 15.9. The van der Waals surface area contributed by atoms with Gasteiger partial charge in [0.15, 0.2) is 0 Å². The number of aryl methyl sites for hydroxylation is 1. The number of ether oxygens (including phenoxy) is 1. The molecule has 1 aromatic heterocycles. The number of anilines is 3. The Kier molecular flexibility index (Phi) is 5.93. The molecule has 0 aliphatic carbocycles. The summed E-state index contributed by atoms with van der Waals surface area (Å²) in [5.74, 6) is 0.168. The lowest BCUT2D eigenvalue weighted by molar-refractivity contribution is 0.0696. The molecule has 0 radical (unpaired) electrons. The Morgan fingerprint density at radius 3 is 2.61 bits per heavy atom. The van der Waals surface area contributed by atoms with Crippen LogP contribution in [0.4, 0.5) is 22.2 Å². The average molecular weight is 385 g/mol. The van der Waals surface area contributed by atoms with Crippen molar-refractivity contribution in [3.8, 4) is 0 Å². The van der Waals surface area contributed by atoms with Crippen molar-refractivity contribution >= 4 is 29.5 Å². The molecule has 9 heteroatoms. The number of amides is 1. The predicted octanol–water partition coefficient (Wildman–Crippen LogP) is 2.51. The Morgan fingerprint density at radius 1 is 1.18 bits per heavy atom. The van der Waals surface area contributed by atoms with Crippen LogP contribution in [0.15, 0.2) is 30.3 Å². The molecule has 1 saturated heterocycles. The van der Waals surface area contributed by atoms with Crippen molar-refractivity contribution in [2.45, 2.75) is 13.8 Å². The maximum atomic E-state index is 11.8. The lowest BCUT2D eigenvalue weighted by atomic mass is 10.2. The lowest BCUT2D eigenvalue weighted by Crippen LogP contribution is -2.49. The fourth-order valence-corrected chi connectivity index (χ4v) is 2.94. The third kappa shape index (κ3) is 4.67. The summed E-state index contributed by atoms with van der Waals surface area (Å²) in [6.45, 7) is 6.32. The number of aromatic carboxylic acids is 1. The SMILES string of the molecule is CCOC(=O)N1CCN(c2nc(C)cc(Nc3cccc(C(=O)O)c3)n2)CC1. The van der Waals surface area contributed by atoms with E-state index in [-0.39, 0.29) is 11.7 Å². The second kappa shape index (κ2) is 8.55. The molecular weight excluding hydrogens is 362 g/mol. The Labute approximate surface area is 163 Å². The highest BCUT2D eigenvalue weighted by atomic mass is 16.6. The Morgan fingerprint density at radius 2 is 1.93 bits per heavy atom. The summed E-state index contributed by atoms with van der Waals surface area (Å²) < 4.78 is 5.04. The van der Waals surface area contributed by atoms with Crippen LogP contribution in [-0.2, 0) is 4.74 Å². The first kappa shape index (κ1) is 19.4. The monoisotopic (exact) mass is 385 g/mol. The van der Waals surface area contributed by atoms with Gasteiger partial charge in [-0.05, 0) is 32.0 Å². The molecule has 0 bridgehead atoms. The van der Waals surface area contributed by atoms with E-state index < -0.39 is 5.97 Å². The molecule has 1 amide bonds. The quantitative estimate of drug-likeness (QED) is 0.808. The van der Waals surface area contributed by atoms with Gasteiger partial charge in [-0.1, -0.05) is 6.07 Å². The molecule has 3 rings (SSSR count). The highest BCUT2D eigenvalue weighted by Crippen LogP contribution is 2.20. The van der Waals surface area contributed by atoms with E-state index in [9.17, 15) is 9.59 Å². The number of nitrogens with zero attached hydrogens (tertiary/aromatic N) is 4. The first-order valence-corrected chi connectivity index (χ1v) is 9.09. The summed E-state index contributed by atoms with van der Waals surface area (Å²) in [7, 11) is 0. The highest BCUT2D eigenvalue weighted by molar-refractivity contribution is 5.89. The van der Waals surface area contributed by atoms with Crippen molar-refractivity contribution in [3.05, 3.63) is 41.6 Å². The number of piperazine rings is 1.